The van der Waals surface area contributed by atoms with Crippen molar-refractivity contribution in [2.75, 3.05) is 12.4 Å². The third kappa shape index (κ3) is 3.12. The van der Waals surface area contributed by atoms with Gasteiger partial charge in [0.2, 0.25) is 0 Å². The summed E-state index contributed by atoms with van der Waals surface area (Å²) in [5, 5.41) is 6.13. The van der Waals surface area contributed by atoms with E-state index in [0.717, 1.165) is 9.86 Å². The maximum atomic E-state index is 12.3. The second kappa shape index (κ2) is 6.26. The Morgan fingerprint density at radius 1 is 1.04 bits per heavy atom. The molecule has 0 aliphatic carbocycles. The average molecular weight is 373 g/mol. The molecule has 0 saturated carbocycles. The molecule has 0 fully saturated rings. The van der Waals surface area contributed by atoms with Crippen molar-refractivity contribution in [3.05, 3.63) is 64.3 Å². The minimum atomic E-state index is -0.346. The van der Waals surface area contributed by atoms with Crippen LogP contribution in [-0.4, -0.2) is 18.9 Å². The van der Waals surface area contributed by atoms with Crippen molar-refractivity contribution < 1.29 is 14.0 Å². The zero-order valence-corrected chi connectivity index (χ0v) is 13.8. The predicted octanol–water partition coefficient (Wildman–Crippen LogP) is 3.81. The highest BCUT2D eigenvalue weighted by molar-refractivity contribution is 9.10. The van der Waals surface area contributed by atoms with Crippen LogP contribution in [0.15, 0.2) is 57.4 Å². The van der Waals surface area contributed by atoms with Gasteiger partial charge in [0, 0.05) is 23.7 Å². The number of carbonyl (C=O) groups excluding carboxylic acids is 2. The number of carbonyl (C=O) groups is 2. The van der Waals surface area contributed by atoms with Crippen molar-refractivity contribution in [1.82, 2.24) is 5.32 Å². The van der Waals surface area contributed by atoms with Crippen LogP contribution in [0.25, 0.3) is 11.0 Å². The first-order valence-electron chi connectivity index (χ1n) is 6.90. The van der Waals surface area contributed by atoms with Gasteiger partial charge < -0.3 is 15.1 Å². The van der Waals surface area contributed by atoms with Crippen LogP contribution < -0.4 is 10.6 Å². The summed E-state index contributed by atoms with van der Waals surface area (Å²) in [6.45, 7) is 0. The molecule has 3 aromatic rings. The van der Waals surface area contributed by atoms with Gasteiger partial charge in [0.05, 0.1) is 4.47 Å². The van der Waals surface area contributed by atoms with Crippen LogP contribution >= 0.6 is 15.9 Å². The summed E-state index contributed by atoms with van der Waals surface area (Å²) in [6, 6.07) is 13.9. The Hall–Kier alpha value is -2.60. The number of benzene rings is 2. The van der Waals surface area contributed by atoms with Gasteiger partial charge in [-0.15, -0.1) is 0 Å². The van der Waals surface area contributed by atoms with Gasteiger partial charge >= 0.3 is 0 Å². The van der Waals surface area contributed by atoms with Gasteiger partial charge in [-0.05, 0) is 52.3 Å². The molecule has 2 amide bonds. The second-order valence-corrected chi connectivity index (χ2v) is 5.73. The first kappa shape index (κ1) is 15.3. The van der Waals surface area contributed by atoms with Gasteiger partial charge in [0.15, 0.2) is 5.76 Å². The molecule has 2 aromatic carbocycles. The lowest BCUT2D eigenvalue weighted by molar-refractivity contribution is 0.0962. The van der Waals surface area contributed by atoms with Crippen molar-refractivity contribution in [1.29, 1.82) is 0 Å². The summed E-state index contributed by atoms with van der Waals surface area (Å²) < 4.78 is 6.38. The second-order valence-electron chi connectivity index (χ2n) is 4.88. The van der Waals surface area contributed by atoms with Gasteiger partial charge in [-0.3, -0.25) is 9.59 Å². The molecule has 116 valence electrons. The Morgan fingerprint density at radius 2 is 1.78 bits per heavy atom. The highest BCUT2D eigenvalue weighted by atomic mass is 79.9. The zero-order chi connectivity index (χ0) is 16.4. The monoisotopic (exact) mass is 372 g/mol. The Balaban J connectivity index is 1.80. The lowest BCUT2D eigenvalue weighted by atomic mass is 10.2. The number of nitrogens with one attached hydrogen (secondary N) is 2. The van der Waals surface area contributed by atoms with E-state index in [4.69, 9.17) is 4.42 Å². The molecule has 6 heteroatoms. The first-order valence-corrected chi connectivity index (χ1v) is 7.69. The highest BCUT2D eigenvalue weighted by Gasteiger charge is 2.14. The summed E-state index contributed by atoms with van der Waals surface area (Å²) in [5.41, 5.74) is 1.74. The highest BCUT2D eigenvalue weighted by Crippen LogP contribution is 2.27. The quantitative estimate of drug-likeness (QED) is 0.734. The van der Waals surface area contributed by atoms with Crippen LogP contribution in [-0.2, 0) is 0 Å². The van der Waals surface area contributed by atoms with Crippen LogP contribution in [0.4, 0.5) is 5.69 Å². The van der Waals surface area contributed by atoms with Crippen LogP contribution in [0.3, 0.4) is 0 Å². The van der Waals surface area contributed by atoms with Gasteiger partial charge in [-0.25, -0.2) is 0 Å². The summed E-state index contributed by atoms with van der Waals surface area (Å²) in [5.74, 6) is -0.298. The largest absolute Gasteiger partial charge is 0.450 e. The molecule has 3 rings (SSSR count). The van der Waals surface area contributed by atoms with Crippen LogP contribution in [0, 0.1) is 0 Å². The van der Waals surface area contributed by atoms with E-state index in [2.05, 4.69) is 26.6 Å². The first-order chi connectivity index (χ1) is 11.1. The Kier molecular flexibility index (Phi) is 4.16. The smallest absolute Gasteiger partial charge is 0.291 e. The topological polar surface area (TPSA) is 71.3 Å². The van der Waals surface area contributed by atoms with E-state index in [-0.39, 0.29) is 17.6 Å². The summed E-state index contributed by atoms with van der Waals surface area (Å²) in [4.78, 5) is 23.8. The number of anilines is 1. The van der Waals surface area contributed by atoms with E-state index in [1.54, 1.807) is 37.4 Å². The van der Waals surface area contributed by atoms with Crippen LogP contribution in [0.5, 0.6) is 0 Å². The average Bonchev–Trinajstić information content (AvgIpc) is 3.00. The van der Waals surface area contributed by atoms with E-state index in [1.165, 1.54) is 0 Å². The normalized spacial score (nSPS) is 10.5. The molecular formula is C17H13BrN2O3. The zero-order valence-electron chi connectivity index (χ0n) is 12.2. The molecule has 0 aliphatic rings. The number of hydrogen-bond acceptors (Lipinski definition) is 3. The van der Waals surface area contributed by atoms with Crippen molar-refractivity contribution in [3.8, 4) is 0 Å². The molecular weight excluding hydrogens is 360 g/mol. The molecule has 0 radical (unpaired) electrons. The molecule has 1 aromatic heterocycles. The third-order valence-electron chi connectivity index (χ3n) is 3.35. The SMILES string of the molecule is CNC(=O)c1ccc(NC(=O)c2cc3cccc(Br)c3o2)cc1. The van der Waals surface area contributed by atoms with Gasteiger partial charge in [-0.2, -0.15) is 0 Å². The predicted molar refractivity (Wildman–Crippen MR) is 91.7 cm³/mol. The third-order valence-corrected chi connectivity index (χ3v) is 3.98. The van der Waals surface area contributed by atoms with Crippen molar-refractivity contribution >= 4 is 44.4 Å². The minimum Gasteiger partial charge on any atom is -0.450 e. The van der Waals surface area contributed by atoms with Crippen molar-refractivity contribution in [2.45, 2.75) is 0 Å². The number of halogens is 1. The summed E-state index contributed by atoms with van der Waals surface area (Å²) >= 11 is 3.39. The van der Waals surface area contributed by atoms with E-state index in [0.29, 0.717) is 16.8 Å². The molecule has 0 unspecified atom stereocenters. The van der Waals surface area contributed by atoms with E-state index < -0.39 is 0 Å². The van der Waals surface area contributed by atoms with Crippen molar-refractivity contribution in [3.63, 3.8) is 0 Å². The maximum absolute atomic E-state index is 12.3. The molecule has 0 aliphatic heterocycles. The number of amides is 2. The molecule has 2 N–H and O–H groups in total. The Bertz CT molecular complexity index is 884. The van der Waals surface area contributed by atoms with Crippen LogP contribution in [0.2, 0.25) is 0 Å². The molecule has 0 saturated heterocycles. The van der Waals surface area contributed by atoms with Crippen molar-refractivity contribution in [2.24, 2.45) is 0 Å². The summed E-state index contributed by atoms with van der Waals surface area (Å²) in [6.07, 6.45) is 0. The molecule has 0 spiro atoms. The lowest BCUT2D eigenvalue weighted by Gasteiger charge is -2.04. The van der Waals surface area contributed by atoms with E-state index in [1.807, 2.05) is 18.2 Å². The number of para-hydroxylation sites is 1. The summed E-state index contributed by atoms with van der Waals surface area (Å²) in [7, 11) is 1.57. The fourth-order valence-corrected chi connectivity index (χ4v) is 2.64. The minimum absolute atomic E-state index is 0.176. The molecule has 1 heterocycles. The molecule has 0 bridgehead atoms. The number of hydrogen-bond donors (Lipinski definition) is 2. The Labute approximate surface area is 140 Å². The molecule has 23 heavy (non-hydrogen) atoms. The van der Waals surface area contributed by atoms with Gasteiger partial charge in [0.1, 0.15) is 5.58 Å². The van der Waals surface area contributed by atoms with Gasteiger partial charge in [-0.1, -0.05) is 12.1 Å². The number of fused-ring (bicyclic) bond motifs is 1. The Morgan fingerprint density at radius 3 is 2.43 bits per heavy atom. The molecule has 0 atom stereocenters. The fourth-order valence-electron chi connectivity index (χ4n) is 2.18. The fraction of sp³-hybridized carbons (Fsp3) is 0.0588. The number of rotatable bonds is 3. The molecule has 5 nitrogen and oxygen atoms in total. The lowest BCUT2D eigenvalue weighted by Crippen LogP contribution is -2.17. The van der Waals surface area contributed by atoms with Crippen LogP contribution in [0.1, 0.15) is 20.9 Å². The standard InChI is InChI=1S/C17H13BrN2O3/c1-19-16(21)10-5-7-12(8-6-10)20-17(22)14-9-11-3-2-4-13(18)15(11)23-14/h2-9H,1H3,(H,19,21)(H,20,22). The van der Waals surface area contributed by atoms with E-state index in [9.17, 15) is 9.59 Å². The van der Waals surface area contributed by atoms with E-state index >= 15 is 0 Å². The maximum Gasteiger partial charge on any atom is 0.291 e. The number of furan rings is 1. The van der Waals surface area contributed by atoms with Gasteiger partial charge in [0.25, 0.3) is 11.8 Å².